The molecule has 26 heavy (non-hydrogen) atoms. The van der Waals surface area contributed by atoms with Crippen LogP contribution in [0.3, 0.4) is 0 Å². The molecule has 7 heteroatoms. The van der Waals surface area contributed by atoms with Gasteiger partial charge < -0.3 is 25.4 Å². The van der Waals surface area contributed by atoms with Crippen molar-refractivity contribution >= 4 is 11.7 Å². The minimum absolute atomic E-state index is 0.0804. The molecule has 2 rings (SSSR count). The van der Waals surface area contributed by atoms with Gasteiger partial charge in [0.15, 0.2) is 5.78 Å². The number of ether oxygens (including phenoxy) is 1. The van der Waals surface area contributed by atoms with Gasteiger partial charge in [0, 0.05) is 0 Å². The number of ketones is 1. The van der Waals surface area contributed by atoms with E-state index in [0.29, 0.717) is 0 Å². The number of nitrogens with one attached hydrogen (secondary N) is 1. The summed E-state index contributed by atoms with van der Waals surface area (Å²) in [4.78, 5) is 24.0. The molecule has 2 aliphatic rings. The predicted octanol–water partition coefficient (Wildman–Crippen LogP) is 0.603. The molecule has 2 saturated heterocycles. The van der Waals surface area contributed by atoms with Crippen LogP contribution in [0.1, 0.15) is 58.3 Å². The fourth-order valence-electron chi connectivity index (χ4n) is 3.36. The molecule has 4 N–H and O–H groups in total. The molecule has 0 aromatic rings. The summed E-state index contributed by atoms with van der Waals surface area (Å²) in [6.07, 6.45) is 10.4. The molecule has 7 nitrogen and oxygen atoms in total. The molecule has 2 aliphatic heterocycles. The van der Waals surface area contributed by atoms with Gasteiger partial charge >= 0.3 is 0 Å². The van der Waals surface area contributed by atoms with E-state index in [2.05, 4.69) is 12.2 Å². The number of carbonyl (C=O) groups is 2. The molecule has 0 saturated carbocycles. The fourth-order valence-corrected chi connectivity index (χ4v) is 3.36. The first-order chi connectivity index (χ1) is 12.4. The largest absolute Gasteiger partial charge is 0.394 e. The Morgan fingerprint density at radius 1 is 1.27 bits per heavy atom. The molecule has 0 bridgehead atoms. The molecule has 2 heterocycles. The van der Waals surface area contributed by atoms with Crippen LogP contribution >= 0.6 is 0 Å². The monoisotopic (exact) mass is 383 g/mol. The van der Waals surface area contributed by atoms with Crippen LogP contribution in [0.15, 0.2) is 12.2 Å². The zero-order chi connectivity index (χ0) is 19.2. The van der Waals surface area contributed by atoms with E-state index in [1.807, 2.05) is 0 Å². The minimum Gasteiger partial charge on any atom is -0.394 e. The van der Waals surface area contributed by atoms with Crippen molar-refractivity contribution in [2.45, 2.75) is 88.2 Å². The van der Waals surface area contributed by atoms with Crippen molar-refractivity contribution < 1.29 is 29.6 Å². The number of hydrogen-bond donors (Lipinski definition) is 4. The second kappa shape index (κ2) is 9.60. The molecule has 148 valence electrons. The van der Waals surface area contributed by atoms with Gasteiger partial charge in [-0.05, 0) is 18.6 Å². The lowest BCUT2D eigenvalue weighted by atomic mass is 10.1. The van der Waals surface area contributed by atoms with Crippen molar-refractivity contribution in [1.82, 2.24) is 5.32 Å². The Bertz CT molecular complexity index is 522. The second-order valence-corrected chi connectivity index (χ2v) is 7.25. The number of amides is 1. The average molecular weight is 383 g/mol. The first-order valence-electron chi connectivity index (χ1n) is 9.65. The highest BCUT2D eigenvalue weighted by atomic mass is 18.2. The minimum atomic E-state index is -2.55. The Hall–Kier alpha value is -1.28. The number of aliphatic hydroxyl groups is 3. The van der Waals surface area contributed by atoms with Crippen LogP contribution in [0, 0.1) is 0 Å². The molecule has 0 radical (unpaired) electrons. The fraction of sp³-hybridized carbons (Fsp3) is 0.789. The molecule has 0 aromatic carbocycles. The average Bonchev–Trinajstić information content (AvgIpc) is 3.35. The molecular formula is C19H31NO6. The van der Waals surface area contributed by atoms with Gasteiger partial charge in [-0.3, -0.25) is 9.59 Å². The molecule has 5 atom stereocenters. The van der Waals surface area contributed by atoms with Crippen LogP contribution in [0.2, 0.25) is 0 Å². The summed E-state index contributed by atoms with van der Waals surface area (Å²) in [7, 11) is 0. The van der Waals surface area contributed by atoms with Gasteiger partial charge in [-0.2, -0.15) is 0 Å². The van der Waals surface area contributed by atoms with Crippen LogP contribution in [0.25, 0.3) is 0 Å². The van der Waals surface area contributed by atoms with Gasteiger partial charge in [-0.1, -0.05) is 51.9 Å². The van der Waals surface area contributed by atoms with Crippen LogP contribution in [-0.2, 0) is 14.3 Å². The lowest BCUT2D eigenvalue weighted by Crippen LogP contribution is -2.52. The van der Waals surface area contributed by atoms with E-state index < -0.39 is 36.0 Å². The van der Waals surface area contributed by atoms with E-state index in [9.17, 15) is 19.8 Å². The van der Waals surface area contributed by atoms with Crippen molar-refractivity contribution in [2.75, 3.05) is 6.61 Å². The van der Waals surface area contributed by atoms with Gasteiger partial charge in [0.1, 0.15) is 12.2 Å². The van der Waals surface area contributed by atoms with E-state index in [0.717, 1.165) is 18.9 Å². The van der Waals surface area contributed by atoms with Gasteiger partial charge in [0.2, 0.25) is 5.60 Å². The molecule has 0 aliphatic carbocycles. The lowest BCUT2D eigenvalue weighted by Gasteiger charge is -2.21. The summed E-state index contributed by atoms with van der Waals surface area (Å²) in [6, 6.07) is -1.05. The third-order valence-corrected chi connectivity index (χ3v) is 5.20. The van der Waals surface area contributed by atoms with Crippen molar-refractivity contribution in [3.05, 3.63) is 12.2 Å². The Kier molecular flexibility index (Phi) is 7.76. The predicted molar refractivity (Wildman–Crippen MR) is 95.4 cm³/mol. The molecule has 1 amide bonds. The van der Waals surface area contributed by atoms with Gasteiger partial charge in [-0.15, -0.1) is 0 Å². The Morgan fingerprint density at radius 3 is 2.54 bits per heavy atom. The second-order valence-electron chi connectivity index (χ2n) is 7.25. The molecular weight excluding hydrogens is 352 g/mol. The number of aliphatic hydroxyl groups excluding tert-OH is 2. The standard InChI is InChI=1S/C19H31NO6/c1-2-3-4-5-6-7-8-9-14-15(26-14)10-11-16(22)19(25)17(23)13(12-21)20-18(19)24/h10-11,13-15,17,21,23,25H,2-9,12H2,1H3,(H,20,24)/b11-10+/t13-,14-,15-,17-,19+/m0/s1/i2+1,4+1,6+1,8+1,10+1,14+1,16+1,18+1,22+2,23+2,24+2. The Labute approximate surface area is 154 Å². The molecule has 0 aromatic heterocycles. The van der Waals surface area contributed by atoms with E-state index in [-0.39, 0.29) is 12.2 Å². The zero-order valence-electron chi connectivity index (χ0n) is 15.4. The number of rotatable bonds is 12. The molecule has 0 unspecified atom stereocenters. The number of hydrogen-bond acceptors (Lipinski definition) is 6. The van der Waals surface area contributed by atoms with Crippen LogP contribution in [0.5, 0.6) is 0 Å². The summed E-state index contributed by atoms with van der Waals surface area (Å²) in [5, 5.41) is 31.4. The van der Waals surface area contributed by atoms with Crippen molar-refractivity contribution in [1.29, 1.82) is 0 Å². The van der Waals surface area contributed by atoms with E-state index in [1.165, 1.54) is 44.6 Å². The summed E-state index contributed by atoms with van der Waals surface area (Å²) >= 11 is 0. The lowest BCUT2D eigenvalue weighted by molar-refractivity contribution is -0.154. The Morgan fingerprint density at radius 2 is 1.92 bits per heavy atom. The maximum absolute atomic E-state index is 12.2. The van der Waals surface area contributed by atoms with Crippen LogP contribution in [-0.4, -0.2) is 63.6 Å². The Balaban J connectivity index is 1.69. The number of carbonyl (C=O) groups excluding carboxylic acids is 2. The first-order valence-corrected chi connectivity index (χ1v) is 9.65. The topological polar surface area (TPSA) is 119 Å². The molecule has 0 spiro atoms. The van der Waals surface area contributed by atoms with E-state index in [4.69, 9.17) is 9.84 Å². The van der Waals surface area contributed by atoms with Gasteiger partial charge in [0.25, 0.3) is 5.91 Å². The van der Waals surface area contributed by atoms with Crippen LogP contribution < -0.4 is 5.32 Å². The zero-order valence-corrected chi connectivity index (χ0v) is 15.4. The quantitative estimate of drug-likeness (QED) is 0.0979. The SMILES string of the molecule is C[13CH2]C[13CH2]C[13CH2]C[13CH2]C[13C@@H]1O[C@H]1/[13CH]=C/[13C](=[18O])[C@@]1(O)[C@@H]([18OH])[C@H](CO)N[13C]1=[18O]. The summed E-state index contributed by atoms with van der Waals surface area (Å²) in [6.45, 7) is 1.64. The summed E-state index contributed by atoms with van der Waals surface area (Å²) < 4.78 is 5.48. The third kappa shape index (κ3) is 4.91. The first kappa shape index (κ1) is 21.0. The number of epoxide rings is 1. The van der Waals surface area contributed by atoms with E-state index in [1.54, 1.807) is 0 Å². The normalized spacial score (nSPS) is 33.6. The highest BCUT2D eigenvalue weighted by Crippen LogP contribution is 2.30. The summed E-state index contributed by atoms with van der Waals surface area (Å²) in [5.41, 5.74) is -2.55. The molecule has 2 fully saturated rings. The number of unbranched alkanes of at least 4 members (excludes halogenated alkanes) is 6. The third-order valence-electron chi connectivity index (χ3n) is 5.20. The maximum atomic E-state index is 12.2. The summed E-state index contributed by atoms with van der Waals surface area (Å²) in [5.74, 6) is -1.89. The van der Waals surface area contributed by atoms with Crippen LogP contribution in [0.4, 0.5) is 0 Å². The highest BCUT2D eigenvalue weighted by molar-refractivity contribution is 6.16. The smallest absolute Gasteiger partial charge is 0.263 e. The maximum Gasteiger partial charge on any atom is 0.263 e. The highest BCUT2D eigenvalue weighted by Gasteiger charge is 2.58. The van der Waals surface area contributed by atoms with Crippen molar-refractivity contribution in [2.24, 2.45) is 0 Å². The van der Waals surface area contributed by atoms with Gasteiger partial charge in [0.05, 0.1) is 18.8 Å². The van der Waals surface area contributed by atoms with Crippen molar-refractivity contribution in [3.8, 4) is 0 Å². The van der Waals surface area contributed by atoms with Crippen molar-refractivity contribution in [3.63, 3.8) is 0 Å². The van der Waals surface area contributed by atoms with E-state index >= 15 is 0 Å². The van der Waals surface area contributed by atoms with Gasteiger partial charge in [-0.25, -0.2) is 0 Å².